The van der Waals surface area contributed by atoms with Crippen LogP contribution < -0.4 is 4.74 Å². The number of carbonyl (C=O) groups is 1. The molecule has 3 heterocycles. The summed E-state index contributed by atoms with van der Waals surface area (Å²) in [7, 11) is 0. The van der Waals surface area contributed by atoms with E-state index >= 15 is 0 Å². The van der Waals surface area contributed by atoms with E-state index in [0.29, 0.717) is 23.8 Å². The smallest absolute Gasteiger partial charge is 0.265 e. The summed E-state index contributed by atoms with van der Waals surface area (Å²) in [6.45, 7) is 5.01. The van der Waals surface area contributed by atoms with Gasteiger partial charge in [-0.1, -0.05) is 0 Å². The Hall–Kier alpha value is -2.02. The lowest BCUT2D eigenvalue weighted by Gasteiger charge is -2.16. The normalized spacial score (nSPS) is 18.0. The van der Waals surface area contributed by atoms with Crippen LogP contribution in [0.15, 0.2) is 17.6 Å². The highest BCUT2D eigenvalue weighted by atomic mass is 32.1. The number of likely N-dealkylation sites (tertiary alicyclic amines) is 1. The fourth-order valence-electron chi connectivity index (χ4n) is 2.28. The molecule has 0 N–H and O–H groups in total. The molecule has 110 valence electrons. The fourth-order valence-corrected chi connectivity index (χ4v) is 3.05. The number of hydrogen-bond acceptors (Lipinski definition) is 6. The van der Waals surface area contributed by atoms with Gasteiger partial charge in [0.2, 0.25) is 5.88 Å². The molecule has 6 nitrogen and oxygen atoms in total. The highest BCUT2D eigenvalue weighted by molar-refractivity contribution is 7.11. The van der Waals surface area contributed by atoms with Gasteiger partial charge in [0.1, 0.15) is 11.0 Å². The maximum Gasteiger partial charge on any atom is 0.265 e. The lowest BCUT2D eigenvalue weighted by Crippen LogP contribution is -2.30. The van der Waals surface area contributed by atoms with Crippen LogP contribution in [-0.2, 0) is 0 Å². The quantitative estimate of drug-likeness (QED) is 0.865. The van der Waals surface area contributed by atoms with Gasteiger partial charge in [0.05, 0.1) is 23.4 Å². The molecule has 1 fully saturated rings. The minimum atomic E-state index is -0.0285. The Morgan fingerprint density at radius 1 is 1.38 bits per heavy atom. The van der Waals surface area contributed by atoms with Crippen molar-refractivity contribution in [3.05, 3.63) is 33.9 Å². The zero-order chi connectivity index (χ0) is 14.8. The van der Waals surface area contributed by atoms with Crippen molar-refractivity contribution in [1.29, 1.82) is 0 Å². The molecule has 1 atom stereocenters. The van der Waals surface area contributed by atoms with Crippen LogP contribution in [0.4, 0.5) is 0 Å². The van der Waals surface area contributed by atoms with Gasteiger partial charge in [0, 0.05) is 19.0 Å². The topological polar surface area (TPSA) is 68.2 Å². The fraction of sp³-hybridized carbons (Fsp3) is 0.429. The van der Waals surface area contributed by atoms with Crippen molar-refractivity contribution in [3.8, 4) is 5.88 Å². The monoisotopic (exact) mass is 304 g/mol. The molecule has 1 saturated heterocycles. The highest BCUT2D eigenvalue weighted by Crippen LogP contribution is 2.21. The molecule has 0 aromatic carbocycles. The summed E-state index contributed by atoms with van der Waals surface area (Å²) < 4.78 is 5.78. The Balaban J connectivity index is 1.62. The van der Waals surface area contributed by atoms with Crippen LogP contribution in [-0.4, -0.2) is 45.2 Å². The second kappa shape index (κ2) is 5.77. The van der Waals surface area contributed by atoms with E-state index in [1.807, 2.05) is 24.8 Å². The third-order valence-electron chi connectivity index (χ3n) is 3.43. The van der Waals surface area contributed by atoms with Crippen LogP contribution in [0, 0.1) is 13.8 Å². The van der Waals surface area contributed by atoms with Crippen molar-refractivity contribution in [2.24, 2.45) is 0 Å². The third kappa shape index (κ3) is 3.02. The Kier molecular flexibility index (Phi) is 3.83. The van der Waals surface area contributed by atoms with Gasteiger partial charge in [-0.3, -0.25) is 4.79 Å². The molecule has 1 aliphatic heterocycles. The lowest BCUT2D eigenvalue weighted by atomic mass is 10.3. The molecule has 7 heteroatoms. The van der Waals surface area contributed by atoms with Gasteiger partial charge in [-0.05, 0) is 19.9 Å². The molecule has 1 amide bonds. The summed E-state index contributed by atoms with van der Waals surface area (Å²) in [6, 6.07) is 3.67. The minimum Gasteiger partial charge on any atom is -0.471 e. The summed E-state index contributed by atoms with van der Waals surface area (Å²) in [6.07, 6.45) is 0.776. The molecule has 3 rings (SSSR count). The largest absolute Gasteiger partial charge is 0.471 e. The van der Waals surface area contributed by atoms with Gasteiger partial charge in [0.15, 0.2) is 0 Å². The second-order valence-electron chi connectivity index (χ2n) is 5.06. The first kappa shape index (κ1) is 13.9. The predicted molar refractivity (Wildman–Crippen MR) is 78.6 cm³/mol. The number of rotatable bonds is 3. The van der Waals surface area contributed by atoms with Crippen molar-refractivity contribution in [1.82, 2.24) is 20.1 Å². The molecule has 2 aromatic heterocycles. The van der Waals surface area contributed by atoms with Crippen LogP contribution in [0.25, 0.3) is 0 Å². The van der Waals surface area contributed by atoms with Crippen LogP contribution in [0.3, 0.4) is 0 Å². The number of aromatic nitrogens is 3. The van der Waals surface area contributed by atoms with Crippen molar-refractivity contribution < 1.29 is 9.53 Å². The Morgan fingerprint density at radius 2 is 2.24 bits per heavy atom. The molecular weight excluding hydrogens is 288 g/mol. The summed E-state index contributed by atoms with van der Waals surface area (Å²) in [4.78, 5) is 19.0. The maximum atomic E-state index is 12.4. The number of nitrogens with zero attached hydrogens (tertiary/aromatic N) is 4. The zero-order valence-corrected chi connectivity index (χ0v) is 12.8. The van der Waals surface area contributed by atoms with E-state index < -0.39 is 0 Å². The van der Waals surface area contributed by atoms with E-state index in [2.05, 4.69) is 15.2 Å². The summed E-state index contributed by atoms with van der Waals surface area (Å²) >= 11 is 1.39. The Labute approximate surface area is 126 Å². The first-order chi connectivity index (χ1) is 10.1. The molecule has 1 unspecified atom stereocenters. The van der Waals surface area contributed by atoms with Gasteiger partial charge in [0.25, 0.3) is 5.91 Å². The number of thiazole rings is 1. The summed E-state index contributed by atoms with van der Waals surface area (Å²) in [5.41, 5.74) is 3.35. The minimum absolute atomic E-state index is 0.0285. The molecule has 0 radical (unpaired) electrons. The number of ether oxygens (including phenoxy) is 1. The van der Waals surface area contributed by atoms with E-state index in [9.17, 15) is 4.79 Å². The summed E-state index contributed by atoms with van der Waals surface area (Å²) in [5.74, 6) is 0.546. The van der Waals surface area contributed by atoms with Gasteiger partial charge < -0.3 is 9.64 Å². The van der Waals surface area contributed by atoms with Crippen molar-refractivity contribution >= 4 is 17.2 Å². The van der Waals surface area contributed by atoms with Crippen molar-refractivity contribution in [2.45, 2.75) is 26.4 Å². The molecule has 0 bridgehead atoms. The van der Waals surface area contributed by atoms with Gasteiger partial charge >= 0.3 is 0 Å². The van der Waals surface area contributed by atoms with E-state index in [1.54, 1.807) is 11.6 Å². The lowest BCUT2D eigenvalue weighted by molar-refractivity contribution is 0.0774. The number of amides is 1. The van der Waals surface area contributed by atoms with E-state index in [-0.39, 0.29) is 12.0 Å². The van der Waals surface area contributed by atoms with Crippen molar-refractivity contribution in [3.63, 3.8) is 0 Å². The number of hydrogen-bond donors (Lipinski definition) is 0. The Morgan fingerprint density at radius 3 is 2.90 bits per heavy atom. The number of aryl methyl sites for hydroxylation is 2. The van der Waals surface area contributed by atoms with Gasteiger partial charge in [-0.15, -0.1) is 16.4 Å². The average Bonchev–Trinajstić information content (AvgIpc) is 3.10. The molecule has 0 spiro atoms. The van der Waals surface area contributed by atoms with Crippen LogP contribution in [0.1, 0.15) is 27.5 Å². The molecule has 0 saturated carbocycles. The molecule has 0 aliphatic carbocycles. The van der Waals surface area contributed by atoms with Crippen LogP contribution in [0.5, 0.6) is 5.88 Å². The van der Waals surface area contributed by atoms with E-state index in [0.717, 1.165) is 17.8 Å². The predicted octanol–water partition coefficient (Wildman–Crippen LogP) is 1.84. The molecule has 1 aliphatic rings. The third-order valence-corrected chi connectivity index (χ3v) is 4.35. The van der Waals surface area contributed by atoms with Crippen LogP contribution in [0.2, 0.25) is 0 Å². The van der Waals surface area contributed by atoms with Crippen molar-refractivity contribution in [2.75, 3.05) is 13.1 Å². The maximum absolute atomic E-state index is 12.4. The standard InChI is InChI=1S/C14H16N4O2S/c1-9-3-4-12(17-16-9)20-11-5-6-18(7-11)14(19)13-10(2)15-8-21-13/h3-4,8,11H,5-7H2,1-2H3. The second-order valence-corrected chi connectivity index (χ2v) is 5.91. The van der Waals surface area contributed by atoms with Gasteiger partial charge in [-0.25, -0.2) is 4.98 Å². The van der Waals surface area contributed by atoms with E-state index in [1.165, 1.54) is 11.3 Å². The zero-order valence-electron chi connectivity index (χ0n) is 11.9. The molecular formula is C14H16N4O2S. The van der Waals surface area contributed by atoms with Crippen LogP contribution >= 0.6 is 11.3 Å². The van der Waals surface area contributed by atoms with E-state index in [4.69, 9.17) is 4.74 Å². The summed E-state index contributed by atoms with van der Waals surface area (Å²) in [5, 5.41) is 7.96. The Bertz CT molecular complexity index is 641. The highest BCUT2D eigenvalue weighted by Gasteiger charge is 2.30. The molecule has 21 heavy (non-hydrogen) atoms. The average molecular weight is 304 g/mol. The first-order valence-electron chi connectivity index (χ1n) is 6.80. The molecule has 2 aromatic rings. The van der Waals surface area contributed by atoms with Gasteiger partial charge in [-0.2, -0.15) is 5.10 Å². The number of carbonyl (C=O) groups excluding carboxylic acids is 1. The first-order valence-corrected chi connectivity index (χ1v) is 7.68. The SMILES string of the molecule is Cc1ccc(OC2CCN(C(=O)c3scnc3C)C2)nn1.